The Morgan fingerprint density at radius 1 is 0.923 bits per heavy atom. The van der Waals surface area contributed by atoms with E-state index in [1.165, 1.54) is 17.0 Å². The maximum Gasteiger partial charge on any atom is 0.264 e. The van der Waals surface area contributed by atoms with Crippen LogP contribution in [-0.2, 0) is 26.2 Å². The first-order valence-electron chi connectivity index (χ1n) is 13.1. The van der Waals surface area contributed by atoms with E-state index in [1.54, 1.807) is 42.5 Å². The Bertz CT molecular complexity index is 1350. The Labute approximate surface area is 240 Å². The molecule has 0 spiro atoms. The molecule has 0 fully saturated rings. The molecular weight excluding hydrogens is 578 g/mol. The summed E-state index contributed by atoms with van der Waals surface area (Å²) in [5, 5.41) is 2.95. The van der Waals surface area contributed by atoms with E-state index >= 15 is 0 Å². The molecule has 2 amide bonds. The molecule has 39 heavy (non-hydrogen) atoms. The van der Waals surface area contributed by atoms with Crippen LogP contribution < -0.4 is 9.62 Å². The van der Waals surface area contributed by atoms with Gasteiger partial charge in [-0.05, 0) is 67.3 Å². The van der Waals surface area contributed by atoms with E-state index in [1.807, 2.05) is 45.0 Å². The highest BCUT2D eigenvalue weighted by molar-refractivity contribution is 9.10. The molecule has 0 aromatic heterocycles. The first kappa shape index (κ1) is 30.4. The third-order valence-corrected chi connectivity index (χ3v) is 8.86. The Morgan fingerprint density at radius 3 is 2.18 bits per heavy atom. The zero-order valence-corrected chi connectivity index (χ0v) is 25.0. The Kier molecular flexibility index (Phi) is 11.1. The van der Waals surface area contributed by atoms with Gasteiger partial charge in [0.15, 0.2) is 0 Å². The van der Waals surface area contributed by atoms with E-state index in [0.717, 1.165) is 32.7 Å². The standard InChI is InChI=1S/C30H36BrN3O4S/c1-4-6-20-32-30(36)28(5-2)33(21-24-13-11-10-12-23(24)3)29(35)22-34(26-18-16-25(31)17-19-26)39(37,38)27-14-8-7-9-15-27/h7-19,28H,4-6,20-22H2,1-3H3,(H,32,36). The van der Waals surface area contributed by atoms with Gasteiger partial charge >= 0.3 is 0 Å². The van der Waals surface area contributed by atoms with Crippen LogP contribution in [0.25, 0.3) is 0 Å². The average Bonchev–Trinajstić information content (AvgIpc) is 2.93. The van der Waals surface area contributed by atoms with Gasteiger partial charge in [-0.15, -0.1) is 0 Å². The van der Waals surface area contributed by atoms with Crippen molar-refractivity contribution in [2.24, 2.45) is 0 Å². The van der Waals surface area contributed by atoms with Gasteiger partial charge in [0, 0.05) is 17.6 Å². The van der Waals surface area contributed by atoms with Gasteiger partial charge in [-0.1, -0.05) is 78.7 Å². The Hall–Kier alpha value is -3.17. The second-order valence-electron chi connectivity index (χ2n) is 9.32. The zero-order chi connectivity index (χ0) is 28.4. The van der Waals surface area contributed by atoms with Crippen LogP contribution in [0.15, 0.2) is 88.2 Å². The molecule has 3 rings (SSSR count). The van der Waals surface area contributed by atoms with E-state index in [4.69, 9.17) is 0 Å². The summed E-state index contributed by atoms with van der Waals surface area (Å²) in [7, 11) is -4.08. The number of amides is 2. The highest BCUT2D eigenvalue weighted by Gasteiger charge is 2.33. The number of unbranched alkanes of at least 4 members (excludes halogenated alkanes) is 1. The molecule has 0 aliphatic heterocycles. The van der Waals surface area contributed by atoms with Crippen molar-refractivity contribution < 1.29 is 18.0 Å². The van der Waals surface area contributed by atoms with Crippen molar-refractivity contribution in [3.05, 3.63) is 94.5 Å². The summed E-state index contributed by atoms with van der Waals surface area (Å²) < 4.78 is 29.5. The molecule has 1 N–H and O–H groups in total. The quantitative estimate of drug-likeness (QED) is 0.251. The molecule has 1 unspecified atom stereocenters. The van der Waals surface area contributed by atoms with Gasteiger partial charge in [0.05, 0.1) is 10.6 Å². The molecule has 208 valence electrons. The van der Waals surface area contributed by atoms with Crippen LogP contribution in [0.4, 0.5) is 5.69 Å². The lowest BCUT2D eigenvalue weighted by molar-refractivity contribution is -0.140. The lowest BCUT2D eigenvalue weighted by Crippen LogP contribution is -2.52. The van der Waals surface area contributed by atoms with E-state index < -0.39 is 28.5 Å². The van der Waals surface area contributed by atoms with E-state index in [9.17, 15) is 18.0 Å². The molecule has 7 nitrogen and oxygen atoms in total. The number of hydrogen-bond donors (Lipinski definition) is 1. The van der Waals surface area contributed by atoms with Crippen LogP contribution in [0, 0.1) is 6.92 Å². The summed E-state index contributed by atoms with van der Waals surface area (Å²) >= 11 is 3.39. The van der Waals surface area contributed by atoms with Crippen molar-refractivity contribution in [3.63, 3.8) is 0 Å². The lowest BCUT2D eigenvalue weighted by Gasteiger charge is -2.33. The van der Waals surface area contributed by atoms with E-state index in [0.29, 0.717) is 18.7 Å². The fourth-order valence-corrected chi connectivity index (χ4v) is 5.95. The van der Waals surface area contributed by atoms with Crippen molar-refractivity contribution in [1.29, 1.82) is 0 Å². The van der Waals surface area contributed by atoms with Crippen LogP contribution in [0.2, 0.25) is 0 Å². The molecule has 3 aromatic carbocycles. The highest BCUT2D eigenvalue weighted by Crippen LogP contribution is 2.26. The number of rotatable bonds is 13. The van der Waals surface area contributed by atoms with E-state index in [-0.39, 0.29) is 17.3 Å². The highest BCUT2D eigenvalue weighted by atomic mass is 79.9. The molecule has 0 heterocycles. The zero-order valence-electron chi connectivity index (χ0n) is 22.6. The maximum atomic E-state index is 14.1. The van der Waals surface area contributed by atoms with Crippen LogP contribution in [-0.4, -0.2) is 44.3 Å². The number of benzene rings is 3. The predicted molar refractivity (Wildman–Crippen MR) is 159 cm³/mol. The molecule has 0 saturated carbocycles. The van der Waals surface area contributed by atoms with Crippen molar-refractivity contribution >= 4 is 43.5 Å². The fourth-order valence-electron chi connectivity index (χ4n) is 4.25. The number of nitrogens with zero attached hydrogens (tertiary/aromatic N) is 2. The van der Waals surface area contributed by atoms with Gasteiger partial charge in [-0.2, -0.15) is 0 Å². The lowest BCUT2D eigenvalue weighted by atomic mass is 10.1. The summed E-state index contributed by atoms with van der Waals surface area (Å²) in [5.74, 6) is -0.702. The van der Waals surface area contributed by atoms with Gasteiger partial charge in [0.2, 0.25) is 11.8 Å². The van der Waals surface area contributed by atoms with Gasteiger partial charge in [-0.25, -0.2) is 8.42 Å². The third-order valence-electron chi connectivity index (χ3n) is 6.54. The summed E-state index contributed by atoms with van der Waals surface area (Å²) in [5.41, 5.74) is 2.23. The monoisotopic (exact) mass is 613 g/mol. The summed E-state index contributed by atoms with van der Waals surface area (Å²) in [6, 6.07) is 21.7. The largest absolute Gasteiger partial charge is 0.354 e. The fraction of sp³-hybridized carbons (Fsp3) is 0.333. The van der Waals surface area contributed by atoms with Gasteiger partial charge in [0.25, 0.3) is 10.0 Å². The van der Waals surface area contributed by atoms with Crippen molar-refractivity contribution in [3.8, 4) is 0 Å². The second kappa shape index (κ2) is 14.3. The topological polar surface area (TPSA) is 86.8 Å². The molecule has 0 radical (unpaired) electrons. The first-order chi connectivity index (χ1) is 18.7. The minimum atomic E-state index is -4.08. The van der Waals surface area contributed by atoms with Crippen LogP contribution in [0.5, 0.6) is 0 Å². The molecule has 0 bridgehead atoms. The first-order valence-corrected chi connectivity index (χ1v) is 15.4. The number of halogens is 1. The SMILES string of the molecule is CCCCNC(=O)C(CC)N(Cc1ccccc1C)C(=O)CN(c1ccc(Br)cc1)S(=O)(=O)c1ccccc1. The molecule has 1 atom stereocenters. The van der Waals surface area contributed by atoms with Crippen molar-refractivity contribution in [1.82, 2.24) is 10.2 Å². The maximum absolute atomic E-state index is 14.1. The second-order valence-corrected chi connectivity index (χ2v) is 12.1. The minimum Gasteiger partial charge on any atom is -0.354 e. The molecular formula is C30H36BrN3O4S. The molecule has 0 aliphatic rings. The number of carbonyl (C=O) groups is 2. The number of sulfonamides is 1. The number of hydrogen-bond acceptors (Lipinski definition) is 4. The number of nitrogens with one attached hydrogen (secondary N) is 1. The van der Waals surface area contributed by atoms with E-state index in [2.05, 4.69) is 21.2 Å². The van der Waals surface area contributed by atoms with Gasteiger partial charge in [-0.3, -0.25) is 13.9 Å². The molecule has 0 aliphatic carbocycles. The van der Waals surface area contributed by atoms with Crippen molar-refractivity contribution in [2.45, 2.75) is 57.5 Å². The summed E-state index contributed by atoms with van der Waals surface area (Å²) in [4.78, 5) is 28.9. The van der Waals surface area contributed by atoms with Crippen molar-refractivity contribution in [2.75, 3.05) is 17.4 Å². The normalized spacial score (nSPS) is 12.0. The average molecular weight is 615 g/mol. The number of carbonyl (C=O) groups excluding carboxylic acids is 2. The smallest absolute Gasteiger partial charge is 0.264 e. The van der Waals surface area contributed by atoms with Crippen LogP contribution >= 0.6 is 15.9 Å². The Balaban J connectivity index is 2.02. The minimum absolute atomic E-state index is 0.0792. The third kappa shape index (κ3) is 7.92. The summed E-state index contributed by atoms with van der Waals surface area (Å²) in [6.07, 6.45) is 2.16. The predicted octanol–water partition coefficient (Wildman–Crippen LogP) is 5.68. The Morgan fingerprint density at radius 2 is 1.56 bits per heavy atom. The van der Waals surface area contributed by atoms with Crippen LogP contribution in [0.1, 0.15) is 44.2 Å². The molecule has 9 heteroatoms. The molecule has 0 saturated heterocycles. The van der Waals surface area contributed by atoms with Crippen LogP contribution in [0.3, 0.4) is 0 Å². The molecule has 3 aromatic rings. The number of anilines is 1. The number of aryl methyl sites for hydroxylation is 1. The summed E-state index contributed by atoms with van der Waals surface area (Å²) in [6.45, 7) is 6.10. The van der Waals surface area contributed by atoms with Gasteiger partial charge < -0.3 is 10.2 Å². The van der Waals surface area contributed by atoms with Gasteiger partial charge in [0.1, 0.15) is 12.6 Å².